The van der Waals surface area contributed by atoms with Gasteiger partial charge in [-0.1, -0.05) is 36.5 Å². The molecule has 2 heterocycles. The number of hydrogen-bond acceptors (Lipinski definition) is 5. The van der Waals surface area contributed by atoms with Crippen LogP contribution in [-0.4, -0.2) is 28.2 Å². The highest BCUT2D eigenvalue weighted by atomic mass is 32.1. The van der Waals surface area contributed by atoms with Gasteiger partial charge in [0.1, 0.15) is 17.4 Å². The molecule has 0 amide bonds. The molecule has 118 valence electrons. The van der Waals surface area contributed by atoms with Crippen LogP contribution >= 0.6 is 12.2 Å². The number of hydrogen-bond donors (Lipinski definition) is 1. The number of rotatable bonds is 4. The van der Waals surface area contributed by atoms with Crippen molar-refractivity contribution in [2.75, 3.05) is 6.61 Å². The third-order valence-corrected chi connectivity index (χ3v) is 3.56. The molecule has 0 unspecified atom stereocenters. The van der Waals surface area contributed by atoms with Gasteiger partial charge in [-0.25, -0.2) is 9.59 Å². The Bertz CT molecular complexity index is 841. The van der Waals surface area contributed by atoms with E-state index in [2.05, 4.69) is 4.98 Å². The molecule has 6 nitrogen and oxygen atoms in total. The van der Waals surface area contributed by atoms with Crippen LogP contribution in [0, 0.1) is 4.64 Å². The summed E-state index contributed by atoms with van der Waals surface area (Å²) in [6.45, 7) is 0.0817. The number of aromatic nitrogens is 2. The van der Waals surface area contributed by atoms with Crippen LogP contribution in [0.3, 0.4) is 0 Å². The molecule has 0 fully saturated rings. The number of nitrogens with one attached hydrogen (secondary N) is 1. The quantitative estimate of drug-likeness (QED) is 0.529. The summed E-state index contributed by atoms with van der Waals surface area (Å²) in [5, 5.41) is 0. The smallest absolute Gasteiger partial charge is 0.338 e. The number of ether oxygens (including phenoxy) is 2. The predicted molar refractivity (Wildman–Crippen MR) is 85.7 cm³/mol. The van der Waals surface area contributed by atoms with Gasteiger partial charge in [0.15, 0.2) is 6.23 Å². The van der Waals surface area contributed by atoms with Crippen molar-refractivity contribution in [2.45, 2.75) is 12.3 Å². The number of carbonyl (C=O) groups excluding carboxylic acids is 1. The molecule has 0 saturated carbocycles. The fraction of sp³-hybridized carbons (Fsp3) is 0.188. The first-order valence-corrected chi connectivity index (χ1v) is 7.42. The normalized spacial score (nSPS) is 19.7. The third-order valence-electron chi connectivity index (χ3n) is 3.32. The molecule has 0 saturated heterocycles. The summed E-state index contributed by atoms with van der Waals surface area (Å²) in [4.78, 5) is 26.2. The monoisotopic (exact) mass is 330 g/mol. The molecule has 0 aliphatic carbocycles. The highest BCUT2D eigenvalue weighted by Crippen LogP contribution is 2.19. The number of nitrogens with zero attached hydrogens (tertiary/aromatic N) is 1. The topological polar surface area (TPSA) is 73.3 Å². The molecule has 0 spiro atoms. The Morgan fingerprint density at radius 3 is 2.78 bits per heavy atom. The van der Waals surface area contributed by atoms with E-state index in [0.717, 1.165) is 0 Å². The van der Waals surface area contributed by atoms with Gasteiger partial charge in [-0.3, -0.25) is 9.55 Å². The van der Waals surface area contributed by atoms with Gasteiger partial charge in [-0.05, 0) is 24.3 Å². The Balaban J connectivity index is 1.58. The molecular weight excluding hydrogens is 316 g/mol. The minimum absolute atomic E-state index is 0.0817. The fourth-order valence-corrected chi connectivity index (χ4v) is 2.33. The van der Waals surface area contributed by atoms with Crippen LogP contribution < -0.4 is 5.69 Å². The Morgan fingerprint density at radius 1 is 1.26 bits per heavy atom. The van der Waals surface area contributed by atoms with Gasteiger partial charge in [-0.15, -0.1) is 0 Å². The highest BCUT2D eigenvalue weighted by molar-refractivity contribution is 7.71. The maximum atomic E-state index is 11.9. The van der Waals surface area contributed by atoms with Crippen molar-refractivity contribution in [2.24, 2.45) is 0 Å². The average Bonchev–Trinajstić information content (AvgIpc) is 3.02. The molecule has 1 aromatic heterocycles. The maximum Gasteiger partial charge on any atom is 0.338 e. The van der Waals surface area contributed by atoms with Crippen LogP contribution in [0.1, 0.15) is 16.6 Å². The lowest BCUT2D eigenvalue weighted by Gasteiger charge is -2.16. The predicted octanol–water partition coefficient (Wildman–Crippen LogP) is 2.22. The molecule has 1 aliphatic rings. The van der Waals surface area contributed by atoms with Gasteiger partial charge >= 0.3 is 11.7 Å². The second-order valence-electron chi connectivity index (χ2n) is 4.93. The van der Waals surface area contributed by atoms with Crippen molar-refractivity contribution in [1.29, 1.82) is 0 Å². The number of H-pyrrole nitrogens is 1. The van der Waals surface area contributed by atoms with Crippen molar-refractivity contribution in [3.8, 4) is 0 Å². The van der Waals surface area contributed by atoms with Gasteiger partial charge in [0.25, 0.3) is 0 Å². The van der Waals surface area contributed by atoms with E-state index < -0.39 is 18.3 Å². The molecule has 1 N–H and O–H groups in total. The number of esters is 1. The van der Waals surface area contributed by atoms with Crippen LogP contribution in [0.25, 0.3) is 0 Å². The third kappa shape index (κ3) is 3.64. The van der Waals surface area contributed by atoms with Crippen LogP contribution in [0.15, 0.2) is 59.5 Å². The van der Waals surface area contributed by atoms with E-state index in [0.29, 0.717) is 10.2 Å². The Morgan fingerprint density at radius 2 is 2.04 bits per heavy atom. The zero-order valence-corrected chi connectivity index (χ0v) is 12.9. The minimum Gasteiger partial charge on any atom is -0.459 e. The summed E-state index contributed by atoms with van der Waals surface area (Å²) < 4.78 is 12.6. The van der Waals surface area contributed by atoms with Gasteiger partial charge in [0.2, 0.25) is 0 Å². The van der Waals surface area contributed by atoms with Crippen LogP contribution in [0.2, 0.25) is 0 Å². The summed E-state index contributed by atoms with van der Waals surface area (Å²) in [7, 11) is 0. The molecular formula is C16H14N2O4S. The fourth-order valence-electron chi connectivity index (χ4n) is 2.19. The molecule has 23 heavy (non-hydrogen) atoms. The SMILES string of the molecule is O=C(OC[C@H]1C=C[C@@H](n2ccc(=S)[nH]c2=O)O1)c1ccccc1. The van der Waals surface area contributed by atoms with Gasteiger partial charge in [-0.2, -0.15) is 0 Å². The van der Waals surface area contributed by atoms with E-state index in [1.54, 1.807) is 48.7 Å². The lowest BCUT2D eigenvalue weighted by atomic mass is 10.2. The number of aromatic amines is 1. The summed E-state index contributed by atoms with van der Waals surface area (Å²) in [5.41, 5.74) is 0.131. The summed E-state index contributed by atoms with van der Waals surface area (Å²) in [6, 6.07) is 10.3. The number of benzene rings is 1. The Kier molecular flexibility index (Phi) is 4.50. The summed E-state index contributed by atoms with van der Waals surface area (Å²) >= 11 is 4.89. The molecule has 2 atom stereocenters. The molecule has 1 aromatic carbocycles. The zero-order valence-electron chi connectivity index (χ0n) is 12.0. The highest BCUT2D eigenvalue weighted by Gasteiger charge is 2.22. The second-order valence-corrected chi connectivity index (χ2v) is 5.37. The van der Waals surface area contributed by atoms with Crippen molar-refractivity contribution in [3.63, 3.8) is 0 Å². The number of carbonyl (C=O) groups is 1. The van der Waals surface area contributed by atoms with E-state index in [1.807, 2.05) is 6.07 Å². The van der Waals surface area contributed by atoms with Crippen LogP contribution in [-0.2, 0) is 9.47 Å². The summed E-state index contributed by atoms with van der Waals surface area (Å²) in [6.07, 6.45) is 4.11. The average molecular weight is 330 g/mol. The first kappa shape index (κ1) is 15.4. The first-order valence-electron chi connectivity index (χ1n) is 7.01. The maximum absolute atomic E-state index is 11.9. The van der Waals surface area contributed by atoms with Crippen LogP contribution in [0.5, 0.6) is 0 Å². The zero-order chi connectivity index (χ0) is 16.2. The van der Waals surface area contributed by atoms with E-state index in [1.165, 1.54) is 4.57 Å². The molecule has 7 heteroatoms. The molecule has 1 aliphatic heterocycles. The lowest BCUT2D eigenvalue weighted by molar-refractivity contribution is -0.0222. The van der Waals surface area contributed by atoms with Gasteiger partial charge in [0, 0.05) is 6.20 Å². The summed E-state index contributed by atoms with van der Waals surface area (Å²) in [5.74, 6) is -0.410. The van der Waals surface area contributed by atoms with Crippen molar-refractivity contribution >= 4 is 18.2 Å². The minimum atomic E-state index is -0.547. The van der Waals surface area contributed by atoms with E-state index in [9.17, 15) is 9.59 Å². The largest absolute Gasteiger partial charge is 0.459 e. The van der Waals surface area contributed by atoms with Gasteiger partial charge < -0.3 is 9.47 Å². The van der Waals surface area contributed by atoms with Crippen molar-refractivity contribution < 1.29 is 14.3 Å². The second kappa shape index (κ2) is 6.72. The Hall–Kier alpha value is -2.51. The molecule has 0 radical (unpaired) electrons. The van der Waals surface area contributed by atoms with Crippen molar-refractivity contribution in [3.05, 3.63) is 75.4 Å². The standard InChI is InChI=1S/C16H14N2O4S/c19-15(11-4-2-1-3-5-11)21-10-12-6-7-14(22-12)18-9-8-13(23)17-16(18)20/h1-9,12,14H,10H2,(H,17,20,23)/t12-,14+/m1/s1. The van der Waals surface area contributed by atoms with Crippen LogP contribution in [0.4, 0.5) is 0 Å². The van der Waals surface area contributed by atoms with E-state index in [4.69, 9.17) is 21.7 Å². The molecule has 3 rings (SSSR count). The molecule has 2 aromatic rings. The molecule has 0 bridgehead atoms. The lowest BCUT2D eigenvalue weighted by Crippen LogP contribution is -2.28. The first-order chi connectivity index (χ1) is 11.1. The van der Waals surface area contributed by atoms with Gasteiger partial charge in [0.05, 0.1) is 5.56 Å². The Labute approximate surface area is 137 Å². The van der Waals surface area contributed by atoms with E-state index in [-0.39, 0.29) is 12.3 Å². The van der Waals surface area contributed by atoms with E-state index >= 15 is 0 Å². The van der Waals surface area contributed by atoms with Crippen molar-refractivity contribution in [1.82, 2.24) is 9.55 Å².